The Morgan fingerprint density at radius 2 is 1.67 bits per heavy atom. The predicted molar refractivity (Wildman–Crippen MR) is 107 cm³/mol. The number of rotatable bonds is 4. The highest BCUT2D eigenvalue weighted by Crippen LogP contribution is 2.31. The zero-order valence-corrected chi connectivity index (χ0v) is 15.2. The maximum atomic E-state index is 12.4. The second kappa shape index (κ2) is 8.04. The van der Waals surface area contributed by atoms with Gasteiger partial charge >= 0.3 is 6.09 Å². The second-order valence-electron chi connectivity index (χ2n) is 6.75. The lowest BCUT2D eigenvalue weighted by molar-refractivity contribution is 0.155. The molecular formula is C23H22N2O2. The summed E-state index contributed by atoms with van der Waals surface area (Å²) in [6.07, 6.45) is 3.87. The van der Waals surface area contributed by atoms with Crippen LogP contribution in [-0.2, 0) is 24.2 Å². The summed E-state index contributed by atoms with van der Waals surface area (Å²) >= 11 is 0. The summed E-state index contributed by atoms with van der Waals surface area (Å²) in [5.74, 6) is 0. The van der Waals surface area contributed by atoms with Crippen molar-refractivity contribution in [2.75, 3.05) is 5.32 Å². The minimum absolute atomic E-state index is 0.242. The van der Waals surface area contributed by atoms with Crippen LogP contribution >= 0.6 is 0 Å². The van der Waals surface area contributed by atoms with Crippen LogP contribution < -0.4 is 5.32 Å². The second-order valence-corrected chi connectivity index (χ2v) is 6.75. The van der Waals surface area contributed by atoms with Crippen LogP contribution in [0.2, 0.25) is 0 Å². The number of fused-ring (bicyclic) bond motifs is 1. The van der Waals surface area contributed by atoms with E-state index in [-0.39, 0.29) is 6.61 Å². The Labute approximate surface area is 159 Å². The Morgan fingerprint density at radius 3 is 2.44 bits per heavy atom. The highest BCUT2D eigenvalue weighted by atomic mass is 16.5. The van der Waals surface area contributed by atoms with Crippen LogP contribution in [0.25, 0.3) is 11.3 Å². The molecule has 0 atom stereocenters. The highest BCUT2D eigenvalue weighted by molar-refractivity contribution is 5.90. The largest absolute Gasteiger partial charge is 0.444 e. The number of benzene rings is 2. The molecule has 1 aliphatic carbocycles. The number of amides is 1. The first-order valence-corrected chi connectivity index (χ1v) is 9.35. The topological polar surface area (TPSA) is 51.2 Å². The van der Waals surface area contributed by atoms with Crippen LogP contribution in [0.3, 0.4) is 0 Å². The SMILES string of the molecule is O=C(Nc1cc2c(nc1-c1ccccc1)CCCC2)OCc1ccccc1. The quantitative estimate of drug-likeness (QED) is 0.681. The zero-order chi connectivity index (χ0) is 18.5. The van der Waals surface area contributed by atoms with Crippen LogP contribution in [0.1, 0.15) is 29.7 Å². The molecule has 0 saturated carbocycles. The first-order valence-electron chi connectivity index (χ1n) is 9.35. The van der Waals surface area contributed by atoms with E-state index in [1.165, 1.54) is 12.0 Å². The molecule has 1 N–H and O–H groups in total. The molecule has 4 heteroatoms. The lowest BCUT2D eigenvalue weighted by atomic mass is 9.94. The summed E-state index contributed by atoms with van der Waals surface area (Å²) in [7, 11) is 0. The van der Waals surface area contributed by atoms with E-state index < -0.39 is 6.09 Å². The fraction of sp³-hybridized carbons (Fsp3) is 0.217. The van der Waals surface area contributed by atoms with E-state index in [1.54, 1.807) is 0 Å². The van der Waals surface area contributed by atoms with Gasteiger partial charge in [-0.15, -0.1) is 0 Å². The third kappa shape index (κ3) is 4.17. The van der Waals surface area contributed by atoms with Gasteiger partial charge in [0.05, 0.1) is 11.4 Å². The molecule has 0 saturated heterocycles. The van der Waals surface area contributed by atoms with Crippen LogP contribution in [0.15, 0.2) is 66.7 Å². The van der Waals surface area contributed by atoms with Gasteiger partial charge in [0.1, 0.15) is 6.61 Å². The molecule has 27 heavy (non-hydrogen) atoms. The van der Waals surface area contributed by atoms with Gasteiger partial charge in [-0.2, -0.15) is 0 Å². The lowest BCUT2D eigenvalue weighted by Gasteiger charge is -2.19. The van der Waals surface area contributed by atoms with Crippen LogP contribution in [0, 0.1) is 0 Å². The van der Waals surface area contributed by atoms with Gasteiger partial charge in [0.2, 0.25) is 0 Å². The first-order chi connectivity index (χ1) is 13.3. The maximum absolute atomic E-state index is 12.4. The molecule has 1 heterocycles. The Hall–Kier alpha value is -3.14. The normalized spacial score (nSPS) is 12.9. The number of hydrogen-bond acceptors (Lipinski definition) is 3. The molecule has 0 spiro atoms. The van der Waals surface area contributed by atoms with Crippen molar-refractivity contribution in [1.82, 2.24) is 4.98 Å². The summed E-state index contributed by atoms with van der Waals surface area (Å²) in [5.41, 5.74) is 5.82. The molecule has 0 unspecified atom stereocenters. The molecular weight excluding hydrogens is 336 g/mol. The van der Waals surface area contributed by atoms with E-state index in [2.05, 4.69) is 11.4 Å². The van der Waals surface area contributed by atoms with Crippen molar-refractivity contribution in [1.29, 1.82) is 0 Å². The van der Waals surface area contributed by atoms with Gasteiger partial charge in [-0.1, -0.05) is 60.7 Å². The average molecular weight is 358 g/mol. The fourth-order valence-electron chi connectivity index (χ4n) is 3.41. The van der Waals surface area contributed by atoms with Gasteiger partial charge in [0.25, 0.3) is 0 Å². The molecule has 136 valence electrons. The van der Waals surface area contributed by atoms with Gasteiger partial charge in [0, 0.05) is 11.3 Å². The monoisotopic (exact) mass is 358 g/mol. The molecule has 3 aromatic rings. The Balaban J connectivity index is 1.57. The summed E-state index contributed by atoms with van der Waals surface area (Å²) < 4.78 is 5.39. The molecule has 4 nitrogen and oxygen atoms in total. The van der Waals surface area contributed by atoms with E-state index >= 15 is 0 Å². The number of pyridine rings is 1. The molecule has 0 bridgehead atoms. The van der Waals surface area contributed by atoms with Crippen molar-refractivity contribution in [3.05, 3.63) is 83.6 Å². The number of nitrogens with zero attached hydrogens (tertiary/aromatic N) is 1. The van der Waals surface area contributed by atoms with Crippen molar-refractivity contribution < 1.29 is 9.53 Å². The number of aryl methyl sites for hydroxylation is 2. The number of ether oxygens (including phenoxy) is 1. The summed E-state index contributed by atoms with van der Waals surface area (Å²) in [6, 6.07) is 21.7. The number of aromatic nitrogens is 1. The van der Waals surface area contributed by atoms with Gasteiger partial charge in [-0.05, 0) is 42.9 Å². The maximum Gasteiger partial charge on any atom is 0.412 e. The van der Waals surface area contributed by atoms with Crippen molar-refractivity contribution in [3.8, 4) is 11.3 Å². The molecule has 1 amide bonds. The number of anilines is 1. The van der Waals surface area contributed by atoms with Crippen LogP contribution in [0.4, 0.5) is 10.5 Å². The van der Waals surface area contributed by atoms with E-state index in [9.17, 15) is 4.79 Å². The molecule has 2 aromatic carbocycles. The van der Waals surface area contributed by atoms with Crippen molar-refractivity contribution in [3.63, 3.8) is 0 Å². The fourth-order valence-corrected chi connectivity index (χ4v) is 3.41. The number of hydrogen-bond donors (Lipinski definition) is 1. The standard InChI is InChI=1S/C23H22N2O2/c26-23(27-16-17-9-3-1-4-10-17)25-21-15-19-13-7-8-14-20(19)24-22(21)18-11-5-2-6-12-18/h1-6,9-12,15H,7-8,13-14,16H2,(H,25,26). The van der Waals surface area contributed by atoms with Gasteiger partial charge in [-0.3, -0.25) is 10.3 Å². The Kier molecular flexibility index (Phi) is 5.15. The highest BCUT2D eigenvalue weighted by Gasteiger charge is 2.18. The number of carbonyl (C=O) groups excluding carboxylic acids is 1. The Morgan fingerprint density at radius 1 is 0.963 bits per heavy atom. The molecule has 0 radical (unpaired) electrons. The summed E-state index contributed by atoms with van der Waals surface area (Å²) in [4.78, 5) is 17.3. The number of carbonyl (C=O) groups is 1. The molecule has 0 aliphatic heterocycles. The van der Waals surface area contributed by atoms with Crippen molar-refractivity contribution >= 4 is 11.8 Å². The number of nitrogens with one attached hydrogen (secondary N) is 1. The lowest BCUT2D eigenvalue weighted by Crippen LogP contribution is -2.16. The zero-order valence-electron chi connectivity index (χ0n) is 15.2. The Bertz CT molecular complexity index is 924. The van der Waals surface area contributed by atoms with Crippen molar-refractivity contribution in [2.45, 2.75) is 32.3 Å². The van der Waals surface area contributed by atoms with E-state index in [0.717, 1.165) is 41.8 Å². The van der Waals surface area contributed by atoms with E-state index in [0.29, 0.717) is 5.69 Å². The molecule has 4 rings (SSSR count). The first kappa shape index (κ1) is 17.3. The minimum Gasteiger partial charge on any atom is -0.444 e. The van der Waals surface area contributed by atoms with Crippen LogP contribution in [-0.4, -0.2) is 11.1 Å². The van der Waals surface area contributed by atoms with Crippen LogP contribution in [0.5, 0.6) is 0 Å². The molecule has 0 fully saturated rings. The minimum atomic E-state index is -0.464. The van der Waals surface area contributed by atoms with Crippen molar-refractivity contribution in [2.24, 2.45) is 0 Å². The third-order valence-corrected chi connectivity index (χ3v) is 4.80. The summed E-state index contributed by atoms with van der Waals surface area (Å²) in [5, 5.41) is 2.91. The molecule has 1 aliphatic rings. The van der Waals surface area contributed by atoms with Gasteiger partial charge < -0.3 is 4.74 Å². The summed E-state index contributed by atoms with van der Waals surface area (Å²) in [6.45, 7) is 0.242. The predicted octanol–water partition coefficient (Wildman–Crippen LogP) is 5.38. The van der Waals surface area contributed by atoms with E-state index in [4.69, 9.17) is 9.72 Å². The third-order valence-electron chi connectivity index (χ3n) is 4.80. The van der Waals surface area contributed by atoms with Gasteiger partial charge in [0.15, 0.2) is 0 Å². The van der Waals surface area contributed by atoms with E-state index in [1.807, 2.05) is 60.7 Å². The smallest absolute Gasteiger partial charge is 0.412 e. The average Bonchev–Trinajstić information content (AvgIpc) is 2.73. The van der Waals surface area contributed by atoms with Gasteiger partial charge in [-0.25, -0.2) is 4.79 Å². The molecule has 1 aromatic heterocycles.